The minimum atomic E-state index is -0.986. The minimum Gasteiger partial charge on any atom is -0.508 e. The number of phenolic OH excluding ortho intramolecular Hbond substituents is 1. The predicted octanol–water partition coefficient (Wildman–Crippen LogP) is 6.10. The zero-order chi connectivity index (χ0) is 20.2. The minimum absolute atomic E-state index is 0.210. The third kappa shape index (κ3) is 4.12. The highest BCUT2D eigenvalue weighted by Crippen LogP contribution is 2.40. The molecule has 2 N–H and O–H groups in total. The van der Waals surface area contributed by atoms with Crippen LogP contribution < -0.4 is 4.74 Å². The Morgan fingerprint density at radius 2 is 1.55 bits per heavy atom. The molecule has 0 aliphatic heterocycles. The van der Waals surface area contributed by atoms with E-state index >= 15 is 0 Å². The van der Waals surface area contributed by atoms with Crippen LogP contribution in [0.1, 0.15) is 5.56 Å². The molecule has 4 heteroatoms. The van der Waals surface area contributed by atoms with Crippen LogP contribution in [0.3, 0.4) is 0 Å². The standard InChI is InChI=1S/C25H18O4/c26-20-11-8-19(9-12-20)23-15-10-18-3-1-2-4-22(18)25(23)29-21-13-5-17(6-14-21)7-16-24(27)28/h1-16,26H,(H,27,28)/b16-7+. The number of rotatable bonds is 5. The fourth-order valence-electron chi connectivity index (χ4n) is 3.15. The molecule has 0 heterocycles. The molecular weight excluding hydrogens is 364 g/mol. The number of aromatic hydroxyl groups is 1. The van der Waals surface area contributed by atoms with Crippen LogP contribution in [0.25, 0.3) is 28.0 Å². The number of ether oxygens (including phenoxy) is 1. The lowest BCUT2D eigenvalue weighted by molar-refractivity contribution is -0.131. The van der Waals surface area contributed by atoms with E-state index in [-0.39, 0.29) is 5.75 Å². The van der Waals surface area contributed by atoms with Gasteiger partial charge in [-0.25, -0.2) is 4.79 Å². The van der Waals surface area contributed by atoms with Gasteiger partial charge in [-0.1, -0.05) is 54.6 Å². The lowest BCUT2D eigenvalue weighted by atomic mass is 9.99. The van der Waals surface area contributed by atoms with Crippen LogP contribution in [0.5, 0.6) is 17.2 Å². The normalized spacial score (nSPS) is 11.0. The van der Waals surface area contributed by atoms with Crippen molar-refractivity contribution >= 4 is 22.8 Å². The van der Waals surface area contributed by atoms with Crippen LogP contribution >= 0.6 is 0 Å². The number of hydrogen-bond donors (Lipinski definition) is 2. The van der Waals surface area contributed by atoms with E-state index in [4.69, 9.17) is 9.84 Å². The number of carboxylic acid groups (broad SMARTS) is 1. The van der Waals surface area contributed by atoms with E-state index < -0.39 is 5.97 Å². The summed E-state index contributed by atoms with van der Waals surface area (Å²) in [5.41, 5.74) is 2.62. The first kappa shape index (κ1) is 18.3. The number of carboxylic acids is 1. The third-order valence-electron chi connectivity index (χ3n) is 4.58. The molecule has 29 heavy (non-hydrogen) atoms. The van der Waals surface area contributed by atoms with Crippen LogP contribution in [-0.2, 0) is 4.79 Å². The molecule has 142 valence electrons. The first-order valence-electron chi connectivity index (χ1n) is 9.10. The van der Waals surface area contributed by atoms with Gasteiger partial charge in [-0.3, -0.25) is 0 Å². The van der Waals surface area contributed by atoms with E-state index in [9.17, 15) is 9.90 Å². The van der Waals surface area contributed by atoms with E-state index in [0.717, 1.165) is 39.3 Å². The van der Waals surface area contributed by atoms with Crippen LogP contribution in [0.15, 0.2) is 91.0 Å². The molecule has 4 rings (SSSR count). The van der Waals surface area contributed by atoms with E-state index in [1.165, 1.54) is 6.08 Å². The number of hydrogen-bond acceptors (Lipinski definition) is 3. The van der Waals surface area contributed by atoms with Crippen molar-refractivity contribution in [3.05, 3.63) is 96.6 Å². The van der Waals surface area contributed by atoms with Gasteiger partial charge < -0.3 is 14.9 Å². The molecule has 0 atom stereocenters. The summed E-state index contributed by atoms with van der Waals surface area (Å²) in [5, 5.41) is 20.4. The summed E-state index contributed by atoms with van der Waals surface area (Å²) in [5.74, 6) is 0.595. The average Bonchev–Trinajstić information content (AvgIpc) is 2.74. The van der Waals surface area contributed by atoms with Crippen molar-refractivity contribution in [3.8, 4) is 28.4 Å². The lowest BCUT2D eigenvalue weighted by Gasteiger charge is -2.15. The molecule has 0 saturated carbocycles. The Morgan fingerprint density at radius 3 is 2.28 bits per heavy atom. The summed E-state index contributed by atoms with van der Waals surface area (Å²) >= 11 is 0. The summed E-state index contributed by atoms with van der Waals surface area (Å²) in [4.78, 5) is 10.7. The monoisotopic (exact) mass is 382 g/mol. The number of phenols is 1. The molecule has 4 aromatic carbocycles. The van der Waals surface area contributed by atoms with Crippen molar-refractivity contribution in [3.63, 3.8) is 0 Å². The number of benzene rings is 4. The van der Waals surface area contributed by atoms with Crippen LogP contribution in [0, 0.1) is 0 Å². The van der Waals surface area contributed by atoms with E-state index in [1.807, 2.05) is 60.7 Å². The Bertz CT molecular complexity index is 1190. The number of fused-ring (bicyclic) bond motifs is 1. The van der Waals surface area contributed by atoms with Crippen molar-refractivity contribution < 1.29 is 19.7 Å². The summed E-state index contributed by atoms with van der Waals surface area (Å²) in [6.07, 6.45) is 2.63. The molecule has 0 radical (unpaired) electrons. The maximum atomic E-state index is 10.7. The molecule has 0 unspecified atom stereocenters. The van der Waals surface area contributed by atoms with Crippen molar-refractivity contribution in [1.29, 1.82) is 0 Å². The fraction of sp³-hybridized carbons (Fsp3) is 0. The first-order valence-corrected chi connectivity index (χ1v) is 9.10. The molecule has 0 bridgehead atoms. The lowest BCUT2D eigenvalue weighted by Crippen LogP contribution is -1.91. The van der Waals surface area contributed by atoms with Gasteiger partial charge >= 0.3 is 5.97 Å². The van der Waals surface area contributed by atoms with Crippen molar-refractivity contribution in [2.45, 2.75) is 0 Å². The molecule has 0 saturated heterocycles. The van der Waals surface area contributed by atoms with Crippen molar-refractivity contribution in [1.82, 2.24) is 0 Å². The van der Waals surface area contributed by atoms with E-state index in [0.29, 0.717) is 5.75 Å². The fourth-order valence-corrected chi connectivity index (χ4v) is 3.15. The number of carbonyl (C=O) groups is 1. The topological polar surface area (TPSA) is 66.8 Å². The largest absolute Gasteiger partial charge is 0.508 e. The van der Waals surface area contributed by atoms with Gasteiger partial charge in [-0.05, 0) is 52.9 Å². The Balaban J connectivity index is 1.76. The molecule has 4 aromatic rings. The smallest absolute Gasteiger partial charge is 0.328 e. The molecule has 0 amide bonds. The van der Waals surface area contributed by atoms with Crippen LogP contribution in [0.4, 0.5) is 0 Å². The van der Waals surface area contributed by atoms with Gasteiger partial charge in [0.1, 0.15) is 17.2 Å². The van der Waals surface area contributed by atoms with Gasteiger partial charge in [0.2, 0.25) is 0 Å². The molecular formula is C25H18O4. The van der Waals surface area contributed by atoms with Gasteiger partial charge in [0.15, 0.2) is 0 Å². The highest BCUT2D eigenvalue weighted by Gasteiger charge is 2.12. The predicted molar refractivity (Wildman–Crippen MR) is 114 cm³/mol. The van der Waals surface area contributed by atoms with Crippen LogP contribution in [-0.4, -0.2) is 16.2 Å². The second-order valence-corrected chi connectivity index (χ2v) is 6.55. The quantitative estimate of drug-likeness (QED) is 0.409. The molecule has 0 aromatic heterocycles. The van der Waals surface area contributed by atoms with Crippen LogP contribution in [0.2, 0.25) is 0 Å². The summed E-state index contributed by atoms with van der Waals surface area (Å²) in [6.45, 7) is 0. The zero-order valence-electron chi connectivity index (χ0n) is 15.4. The maximum Gasteiger partial charge on any atom is 0.328 e. The van der Waals surface area contributed by atoms with E-state index in [2.05, 4.69) is 0 Å². The molecule has 0 spiro atoms. The Labute approximate surface area is 167 Å². The van der Waals surface area contributed by atoms with Crippen molar-refractivity contribution in [2.75, 3.05) is 0 Å². The Hall–Kier alpha value is -4.05. The second kappa shape index (κ2) is 7.90. The first-order chi connectivity index (χ1) is 14.1. The number of aliphatic carboxylic acids is 1. The van der Waals surface area contributed by atoms with Gasteiger partial charge in [0.05, 0.1) is 0 Å². The van der Waals surface area contributed by atoms with E-state index in [1.54, 1.807) is 24.3 Å². The van der Waals surface area contributed by atoms with Gasteiger partial charge in [0, 0.05) is 17.0 Å². The summed E-state index contributed by atoms with van der Waals surface area (Å²) in [6, 6.07) is 26.3. The highest BCUT2D eigenvalue weighted by molar-refractivity contribution is 5.95. The van der Waals surface area contributed by atoms with Gasteiger partial charge in [0.25, 0.3) is 0 Å². The molecule has 0 fully saturated rings. The third-order valence-corrected chi connectivity index (χ3v) is 4.58. The highest BCUT2D eigenvalue weighted by atomic mass is 16.5. The van der Waals surface area contributed by atoms with Gasteiger partial charge in [-0.2, -0.15) is 0 Å². The maximum absolute atomic E-state index is 10.7. The van der Waals surface area contributed by atoms with Crippen molar-refractivity contribution in [2.24, 2.45) is 0 Å². The summed E-state index contributed by atoms with van der Waals surface area (Å²) < 4.78 is 6.29. The zero-order valence-corrected chi connectivity index (χ0v) is 15.4. The average molecular weight is 382 g/mol. The molecule has 4 nitrogen and oxygen atoms in total. The molecule has 0 aliphatic rings. The molecule has 0 aliphatic carbocycles. The Morgan fingerprint density at radius 1 is 0.828 bits per heavy atom. The van der Waals surface area contributed by atoms with Gasteiger partial charge in [-0.15, -0.1) is 0 Å². The summed E-state index contributed by atoms with van der Waals surface area (Å²) in [7, 11) is 0. The second-order valence-electron chi connectivity index (χ2n) is 6.55. The SMILES string of the molecule is O=C(O)/C=C/c1ccc(Oc2c(-c3ccc(O)cc3)ccc3ccccc23)cc1. The Kier molecular flexibility index (Phi) is 4.99.